The maximum Gasteiger partial charge on any atom is 0.140 e. The molecular weight excluding hydrogens is 208 g/mol. The van der Waals surface area contributed by atoms with Crippen LogP contribution in [0.2, 0.25) is 0 Å². The lowest BCUT2D eigenvalue weighted by Gasteiger charge is -2.10. The van der Waals surface area contributed by atoms with E-state index < -0.39 is 6.10 Å². The van der Waals surface area contributed by atoms with Gasteiger partial charge in [0.05, 0.1) is 19.3 Å². The fourth-order valence-corrected chi connectivity index (χ4v) is 1.43. The topological polar surface area (TPSA) is 72.2 Å². The predicted octanol–water partition coefficient (Wildman–Crippen LogP) is -0.215. The second-order valence-corrected chi connectivity index (χ2v) is 3.64. The second-order valence-electron chi connectivity index (χ2n) is 3.64. The van der Waals surface area contributed by atoms with Crippen molar-refractivity contribution >= 4 is 0 Å². The number of aryl methyl sites for hydroxylation is 1. The number of aliphatic hydroxyl groups excluding tert-OH is 1. The summed E-state index contributed by atoms with van der Waals surface area (Å²) in [5.74, 6) is 0.895. The minimum Gasteiger partial charge on any atom is -0.389 e. The highest BCUT2D eigenvalue weighted by atomic mass is 16.5. The number of nitrogens with zero attached hydrogens (tertiary/aromatic N) is 3. The van der Waals surface area contributed by atoms with Gasteiger partial charge in [-0.3, -0.25) is 0 Å². The Morgan fingerprint density at radius 2 is 2.44 bits per heavy atom. The van der Waals surface area contributed by atoms with Crippen molar-refractivity contribution in [3.63, 3.8) is 0 Å². The average molecular weight is 228 g/mol. The van der Waals surface area contributed by atoms with Crippen molar-refractivity contribution in [2.75, 3.05) is 20.3 Å². The van der Waals surface area contributed by atoms with Gasteiger partial charge in [-0.1, -0.05) is 6.92 Å². The molecule has 0 fully saturated rings. The van der Waals surface area contributed by atoms with Crippen molar-refractivity contribution in [3.05, 3.63) is 12.2 Å². The molecule has 0 aliphatic carbocycles. The lowest BCUT2D eigenvalue weighted by Crippen LogP contribution is -2.30. The van der Waals surface area contributed by atoms with Crippen LogP contribution in [0.15, 0.2) is 6.33 Å². The monoisotopic (exact) mass is 228 g/mol. The molecular formula is C10H20N4O2. The molecule has 0 amide bonds. The number of aliphatic hydroxyl groups is 1. The first-order chi connectivity index (χ1) is 7.77. The van der Waals surface area contributed by atoms with Crippen LogP contribution in [-0.4, -0.2) is 46.2 Å². The van der Waals surface area contributed by atoms with E-state index in [9.17, 15) is 5.11 Å². The normalized spacial score (nSPS) is 12.9. The first-order valence-corrected chi connectivity index (χ1v) is 5.52. The number of nitrogens with one attached hydrogen (secondary N) is 1. The Labute approximate surface area is 95.6 Å². The van der Waals surface area contributed by atoms with Gasteiger partial charge in [-0.25, -0.2) is 9.67 Å². The smallest absolute Gasteiger partial charge is 0.140 e. The molecule has 6 heteroatoms. The molecule has 1 heterocycles. The minimum absolute atomic E-state index is 0.342. The van der Waals surface area contributed by atoms with Crippen LogP contribution in [0.5, 0.6) is 0 Å². The molecule has 0 radical (unpaired) electrons. The fourth-order valence-electron chi connectivity index (χ4n) is 1.43. The standard InChI is InChI=1S/C10H20N4O2/c1-3-4-14-10(12-8-13-14)6-11-5-9(15)7-16-2/h8-9,11,15H,3-7H2,1-2H3. The van der Waals surface area contributed by atoms with Crippen LogP contribution in [0.3, 0.4) is 0 Å². The van der Waals surface area contributed by atoms with E-state index in [1.165, 1.54) is 0 Å². The van der Waals surface area contributed by atoms with Crippen molar-refractivity contribution in [1.82, 2.24) is 20.1 Å². The number of aromatic nitrogens is 3. The number of hydrogen-bond donors (Lipinski definition) is 2. The molecule has 1 atom stereocenters. The van der Waals surface area contributed by atoms with Crippen molar-refractivity contribution in [3.8, 4) is 0 Å². The van der Waals surface area contributed by atoms with Crippen LogP contribution in [-0.2, 0) is 17.8 Å². The molecule has 0 aliphatic rings. The second kappa shape index (κ2) is 7.32. The molecule has 0 aliphatic heterocycles. The van der Waals surface area contributed by atoms with E-state index in [4.69, 9.17) is 4.74 Å². The molecule has 1 aromatic rings. The summed E-state index contributed by atoms with van der Waals surface area (Å²) in [4.78, 5) is 4.15. The highest BCUT2D eigenvalue weighted by molar-refractivity contribution is 4.83. The molecule has 1 unspecified atom stereocenters. The zero-order chi connectivity index (χ0) is 11.8. The third kappa shape index (κ3) is 4.26. The van der Waals surface area contributed by atoms with Gasteiger partial charge >= 0.3 is 0 Å². The highest BCUT2D eigenvalue weighted by Gasteiger charge is 2.05. The first kappa shape index (κ1) is 13.1. The van der Waals surface area contributed by atoms with Crippen LogP contribution in [0.4, 0.5) is 0 Å². The van der Waals surface area contributed by atoms with E-state index in [2.05, 4.69) is 22.3 Å². The summed E-state index contributed by atoms with van der Waals surface area (Å²) in [7, 11) is 1.57. The molecule has 92 valence electrons. The summed E-state index contributed by atoms with van der Waals surface area (Å²) >= 11 is 0. The Kier molecular flexibility index (Phi) is 5.99. The van der Waals surface area contributed by atoms with Crippen molar-refractivity contribution in [1.29, 1.82) is 0 Å². The Morgan fingerprint density at radius 3 is 3.12 bits per heavy atom. The van der Waals surface area contributed by atoms with Crippen LogP contribution >= 0.6 is 0 Å². The maximum atomic E-state index is 9.42. The van der Waals surface area contributed by atoms with Gasteiger partial charge in [-0.2, -0.15) is 5.10 Å². The van der Waals surface area contributed by atoms with E-state index in [0.29, 0.717) is 19.7 Å². The van der Waals surface area contributed by atoms with E-state index in [0.717, 1.165) is 18.8 Å². The Hall–Kier alpha value is -0.980. The van der Waals surface area contributed by atoms with E-state index in [1.807, 2.05) is 4.68 Å². The Balaban J connectivity index is 2.28. The molecule has 0 spiro atoms. The lowest BCUT2D eigenvalue weighted by atomic mass is 10.3. The number of methoxy groups -OCH3 is 1. The zero-order valence-corrected chi connectivity index (χ0v) is 9.89. The Bertz CT molecular complexity index is 290. The largest absolute Gasteiger partial charge is 0.389 e. The van der Waals surface area contributed by atoms with Gasteiger partial charge in [0.2, 0.25) is 0 Å². The molecule has 16 heavy (non-hydrogen) atoms. The van der Waals surface area contributed by atoms with Gasteiger partial charge in [0.1, 0.15) is 12.2 Å². The van der Waals surface area contributed by atoms with Crippen LogP contribution in [0.1, 0.15) is 19.2 Å². The summed E-state index contributed by atoms with van der Waals surface area (Å²) in [6.45, 7) is 4.42. The van der Waals surface area contributed by atoms with Gasteiger partial charge in [-0.15, -0.1) is 0 Å². The van der Waals surface area contributed by atoms with Gasteiger partial charge in [0.25, 0.3) is 0 Å². The molecule has 0 saturated heterocycles. The third-order valence-electron chi connectivity index (χ3n) is 2.15. The summed E-state index contributed by atoms with van der Waals surface area (Å²) in [5.41, 5.74) is 0. The number of ether oxygens (including phenoxy) is 1. The zero-order valence-electron chi connectivity index (χ0n) is 9.89. The van der Waals surface area contributed by atoms with Crippen molar-refractivity contribution in [2.45, 2.75) is 32.5 Å². The molecule has 6 nitrogen and oxygen atoms in total. The number of hydrogen-bond acceptors (Lipinski definition) is 5. The molecule has 2 N–H and O–H groups in total. The van der Waals surface area contributed by atoms with E-state index in [1.54, 1.807) is 13.4 Å². The highest BCUT2D eigenvalue weighted by Crippen LogP contribution is 1.95. The molecule has 1 aromatic heterocycles. The fraction of sp³-hybridized carbons (Fsp3) is 0.800. The summed E-state index contributed by atoms with van der Waals surface area (Å²) in [6.07, 6.45) is 2.11. The van der Waals surface area contributed by atoms with Crippen LogP contribution < -0.4 is 5.32 Å². The number of rotatable bonds is 8. The van der Waals surface area contributed by atoms with E-state index in [-0.39, 0.29) is 0 Å². The summed E-state index contributed by atoms with van der Waals surface area (Å²) in [5, 5.41) is 16.7. The van der Waals surface area contributed by atoms with Gasteiger partial charge in [0, 0.05) is 20.2 Å². The SMILES string of the molecule is CCCn1ncnc1CNCC(O)COC. The van der Waals surface area contributed by atoms with Gasteiger partial charge in [0.15, 0.2) is 0 Å². The molecule has 1 rings (SSSR count). The average Bonchev–Trinajstić information content (AvgIpc) is 2.67. The van der Waals surface area contributed by atoms with Crippen molar-refractivity contribution in [2.24, 2.45) is 0 Å². The Morgan fingerprint density at radius 1 is 1.62 bits per heavy atom. The third-order valence-corrected chi connectivity index (χ3v) is 2.15. The van der Waals surface area contributed by atoms with Gasteiger partial charge < -0.3 is 15.2 Å². The lowest BCUT2D eigenvalue weighted by molar-refractivity contribution is 0.0642. The molecule has 0 saturated carbocycles. The minimum atomic E-state index is -0.479. The molecule has 0 aromatic carbocycles. The summed E-state index contributed by atoms with van der Waals surface area (Å²) < 4.78 is 6.70. The van der Waals surface area contributed by atoms with Crippen molar-refractivity contribution < 1.29 is 9.84 Å². The first-order valence-electron chi connectivity index (χ1n) is 5.52. The predicted molar refractivity (Wildman–Crippen MR) is 59.9 cm³/mol. The molecule has 0 bridgehead atoms. The van der Waals surface area contributed by atoms with E-state index >= 15 is 0 Å². The quantitative estimate of drug-likeness (QED) is 0.644. The van der Waals surface area contributed by atoms with Crippen LogP contribution in [0.25, 0.3) is 0 Å². The van der Waals surface area contributed by atoms with Crippen LogP contribution in [0, 0.1) is 0 Å². The van der Waals surface area contributed by atoms with Gasteiger partial charge in [-0.05, 0) is 6.42 Å². The maximum absolute atomic E-state index is 9.42. The summed E-state index contributed by atoms with van der Waals surface area (Å²) in [6, 6.07) is 0.